The molecule has 2 atom stereocenters. The van der Waals surface area contributed by atoms with Crippen molar-refractivity contribution in [3.63, 3.8) is 0 Å². The van der Waals surface area contributed by atoms with Crippen molar-refractivity contribution in [2.45, 2.75) is 116 Å². The molecule has 1 heterocycles. The number of amidine groups is 1. The first kappa shape index (κ1) is 33.4. The minimum atomic E-state index is -3.90. The van der Waals surface area contributed by atoms with Gasteiger partial charge < -0.3 is 19.0 Å². The van der Waals surface area contributed by atoms with E-state index in [2.05, 4.69) is 40.2 Å². The lowest BCUT2D eigenvalue weighted by atomic mass is 10.1. The van der Waals surface area contributed by atoms with Crippen LogP contribution in [-0.2, 0) is 13.6 Å². The van der Waals surface area contributed by atoms with Crippen LogP contribution in [0.25, 0.3) is 0 Å². The third kappa shape index (κ3) is 16.2. The third-order valence-corrected chi connectivity index (χ3v) is 7.53. The number of allylic oxidation sites excluding steroid dienone is 2. The van der Waals surface area contributed by atoms with E-state index in [9.17, 15) is 14.6 Å². The number of likely N-dealkylation sites (N-methyl/N-ethyl adjacent to an activating group) is 1. The van der Waals surface area contributed by atoms with Crippen LogP contribution < -0.4 is 4.89 Å². The van der Waals surface area contributed by atoms with Gasteiger partial charge in [-0.15, -0.1) is 0 Å². The maximum absolute atomic E-state index is 10.0. The Bertz CT molecular complexity index is 590. The molecule has 1 N–H and O–H groups in total. The molecule has 0 saturated heterocycles. The fourth-order valence-electron chi connectivity index (χ4n) is 4.02. The summed E-state index contributed by atoms with van der Waals surface area (Å²) in [7, 11) is 0.295. The molecule has 0 aromatic heterocycles. The topological polar surface area (TPSA) is 91.2 Å². The molecule has 0 aromatic rings. The second-order valence-electron chi connectivity index (χ2n) is 9.42. The van der Waals surface area contributed by atoms with Crippen LogP contribution in [0.1, 0.15) is 110 Å². The van der Waals surface area contributed by atoms with E-state index >= 15 is 0 Å². The summed E-state index contributed by atoms with van der Waals surface area (Å²) in [5, 5.41) is 10.0. The molecular formula is C26H53N2O5P. The van der Waals surface area contributed by atoms with Crippen molar-refractivity contribution in [3.8, 4) is 0 Å². The summed E-state index contributed by atoms with van der Waals surface area (Å²) in [5.41, 5.74) is 0. The molecule has 8 heteroatoms. The number of nitrogens with zero attached hydrogens (tertiary/aromatic N) is 2. The van der Waals surface area contributed by atoms with Crippen LogP contribution in [0, 0.1) is 0 Å². The minimum absolute atomic E-state index is 0.333. The van der Waals surface area contributed by atoms with Crippen LogP contribution >= 0.6 is 7.82 Å². The van der Waals surface area contributed by atoms with E-state index in [0.29, 0.717) is 4.48 Å². The number of quaternary nitrogens is 1. The SMILES string of the molecule is CCCCCCCC/C=C\CCCCCCCCC1=NCC[N+]1(C)C(C)O.COP(=O)([O-])OC. The average molecular weight is 505 g/mol. The van der Waals surface area contributed by atoms with Crippen molar-refractivity contribution in [1.29, 1.82) is 0 Å². The lowest BCUT2D eigenvalue weighted by Crippen LogP contribution is -2.53. The fourth-order valence-corrected chi connectivity index (χ4v) is 4.17. The standard InChI is InChI=1S/C24H47N2O.C2H7O4P/c1-4-5-6-7-8-9-10-11-12-13-14-15-16-17-18-19-20-24-25-21-22-26(24,3)23(2)27;1-5-7(3,4)6-2/h11-12,23,27H,4-10,13-22H2,1-3H3;1-2H3,(H,3,4)/q+1;/p-1/b12-11-;. The molecule has 0 radical (unpaired) electrons. The van der Waals surface area contributed by atoms with Crippen LogP contribution in [0.2, 0.25) is 0 Å². The zero-order valence-electron chi connectivity index (χ0n) is 22.7. The first-order valence-electron chi connectivity index (χ1n) is 13.4. The Hall–Kier alpha value is -0.560. The highest BCUT2D eigenvalue weighted by Gasteiger charge is 2.37. The van der Waals surface area contributed by atoms with Crippen LogP contribution in [0.5, 0.6) is 0 Å². The number of hydrogen-bond acceptors (Lipinski definition) is 6. The molecule has 0 amide bonds. The molecule has 0 saturated carbocycles. The van der Waals surface area contributed by atoms with Crippen LogP contribution in [0.4, 0.5) is 0 Å². The van der Waals surface area contributed by atoms with Gasteiger partial charge in [-0.1, -0.05) is 76.9 Å². The lowest BCUT2D eigenvalue weighted by molar-refractivity contribution is -0.865. The number of phosphoric acid groups is 1. The van der Waals surface area contributed by atoms with Gasteiger partial charge >= 0.3 is 0 Å². The average Bonchev–Trinajstić information content (AvgIpc) is 3.21. The van der Waals surface area contributed by atoms with Gasteiger partial charge in [0.1, 0.15) is 6.54 Å². The van der Waals surface area contributed by atoms with Crippen molar-refractivity contribution in [2.75, 3.05) is 34.4 Å². The Morgan fingerprint density at radius 3 is 1.88 bits per heavy atom. The van der Waals surface area contributed by atoms with E-state index in [1.54, 1.807) is 0 Å². The third-order valence-electron chi connectivity index (χ3n) is 6.63. The molecule has 1 rings (SSSR count). The number of hydrogen-bond donors (Lipinski definition) is 1. The largest absolute Gasteiger partial charge is 0.756 e. The molecule has 0 aromatic carbocycles. The summed E-state index contributed by atoms with van der Waals surface area (Å²) in [6.07, 6.45) is 24.4. The van der Waals surface area contributed by atoms with Crippen LogP contribution in [0.15, 0.2) is 17.1 Å². The van der Waals surface area contributed by atoms with Crippen LogP contribution in [-0.4, -0.2) is 56.0 Å². The van der Waals surface area contributed by atoms with Crippen LogP contribution in [0.3, 0.4) is 0 Å². The molecule has 1 aliphatic heterocycles. The molecule has 1 aliphatic rings. The predicted octanol–water partition coefficient (Wildman–Crippen LogP) is 6.36. The highest BCUT2D eigenvalue weighted by atomic mass is 31.2. The summed E-state index contributed by atoms with van der Waals surface area (Å²) in [6.45, 7) is 6.01. The molecule has 34 heavy (non-hydrogen) atoms. The monoisotopic (exact) mass is 504 g/mol. The number of aliphatic hydroxyl groups excluding tert-OH is 1. The number of unbranched alkanes of at least 4 members (excludes halogenated alkanes) is 12. The maximum Gasteiger partial charge on any atom is 0.267 e. The summed E-state index contributed by atoms with van der Waals surface area (Å²) in [4.78, 5) is 14.6. The van der Waals surface area contributed by atoms with E-state index < -0.39 is 7.82 Å². The van der Waals surface area contributed by atoms with Crippen molar-refractivity contribution in [3.05, 3.63) is 12.2 Å². The van der Waals surface area contributed by atoms with Gasteiger partial charge in [0.15, 0.2) is 12.1 Å². The zero-order chi connectivity index (χ0) is 25.7. The Morgan fingerprint density at radius 2 is 1.44 bits per heavy atom. The molecule has 202 valence electrons. The Balaban J connectivity index is 0.00000135. The normalized spacial score (nSPS) is 19.2. The molecule has 2 unspecified atom stereocenters. The van der Waals surface area contributed by atoms with Crippen molar-refractivity contribution < 1.29 is 28.1 Å². The predicted molar refractivity (Wildman–Crippen MR) is 141 cm³/mol. The quantitative estimate of drug-likeness (QED) is 0.0957. The molecule has 0 fully saturated rings. The van der Waals surface area contributed by atoms with Gasteiger partial charge in [0, 0.05) is 27.6 Å². The van der Waals surface area contributed by atoms with E-state index in [4.69, 9.17) is 0 Å². The Morgan fingerprint density at radius 1 is 0.971 bits per heavy atom. The molecule has 0 spiro atoms. The van der Waals surface area contributed by atoms with E-state index in [-0.39, 0.29) is 6.23 Å². The highest BCUT2D eigenvalue weighted by molar-refractivity contribution is 7.45. The number of rotatable bonds is 19. The maximum atomic E-state index is 10.0. The van der Waals surface area contributed by atoms with Gasteiger partial charge in [0.25, 0.3) is 7.82 Å². The molecule has 0 aliphatic carbocycles. The highest BCUT2D eigenvalue weighted by Crippen LogP contribution is 2.34. The van der Waals surface area contributed by atoms with Gasteiger partial charge in [0.2, 0.25) is 0 Å². The Labute approximate surface area is 209 Å². The summed E-state index contributed by atoms with van der Waals surface area (Å²) >= 11 is 0. The second-order valence-corrected chi connectivity index (χ2v) is 11.0. The smallest absolute Gasteiger partial charge is 0.267 e. The summed E-state index contributed by atoms with van der Waals surface area (Å²) in [5.74, 6) is 1.21. The van der Waals surface area contributed by atoms with E-state index in [0.717, 1.165) is 33.7 Å². The first-order valence-corrected chi connectivity index (χ1v) is 14.8. The number of aliphatic hydroxyl groups is 1. The van der Waals surface area contributed by atoms with E-state index in [1.807, 2.05) is 6.92 Å². The number of aliphatic imine (C=N–C) groups is 1. The van der Waals surface area contributed by atoms with Gasteiger partial charge in [-0.05, 0) is 32.1 Å². The first-order chi connectivity index (χ1) is 16.2. The van der Waals surface area contributed by atoms with Gasteiger partial charge in [-0.3, -0.25) is 9.05 Å². The molecule has 0 bridgehead atoms. The Kier molecular flexibility index (Phi) is 20.3. The van der Waals surface area contributed by atoms with Crippen molar-refractivity contribution in [2.24, 2.45) is 4.99 Å². The number of phosphoric ester groups is 1. The molecule has 7 nitrogen and oxygen atoms in total. The lowest BCUT2D eigenvalue weighted by Gasteiger charge is -2.32. The zero-order valence-corrected chi connectivity index (χ0v) is 23.6. The minimum Gasteiger partial charge on any atom is -0.756 e. The summed E-state index contributed by atoms with van der Waals surface area (Å²) < 4.78 is 18.3. The fraction of sp³-hybridized carbons (Fsp3) is 0.885. The van der Waals surface area contributed by atoms with Gasteiger partial charge in [0.05, 0.1) is 13.6 Å². The molecular weight excluding hydrogens is 451 g/mol. The second kappa shape index (κ2) is 20.6. The summed E-state index contributed by atoms with van der Waals surface area (Å²) in [6, 6.07) is 0. The van der Waals surface area contributed by atoms with Gasteiger partial charge in [-0.25, -0.2) is 4.99 Å². The van der Waals surface area contributed by atoms with Gasteiger partial charge in [-0.2, -0.15) is 0 Å². The van der Waals surface area contributed by atoms with Crippen molar-refractivity contribution >= 4 is 13.7 Å². The van der Waals surface area contributed by atoms with Crippen molar-refractivity contribution in [1.82, 2.24) is 0 Å². The van der Waals surface area contributed by atoms with E-state index in [1.165, 1.54) is 95.7 Å².